The van der Waals surface area contributed by atoms with Crippen LogP contribution in [-0.2, 0) is 0 Å². The summed E-state index contributed by atoms with van der Waals surface area (Å²) in [4.78, 5) is 17.2. The Morgan fingerprint density at radius 1 is 1.03 bits per heavy atom. The summed E-state index contributed by atoms with van der Waals surface area (Å²) in [7, 11) is 1.61. The Morgan fingerprint density at radius 3 is 2.47 bits per heavy atom. The van der Waals surface area contributed by atoms with E-state index in [1.54, 1.807) is 31.4 Å². The molecule has 1 heterocycles. The zero-order valence-corrected chi connectivity index (χ0v) is 20.2. The Balaban J connectivity index is 1.47. The van der Waals surface area contributed by atoms with Gasteiger partial charge in [-0.2, -0.15) is 0 Å². The first-order valence-corrected chi connectivity index (χ1v) is 11.2. The Bertz CT molecular complexity index is 1350. The summed E-state index contributed by atoms with van der Waals surface area (Å²) < 4.78 is 16.8. The molecule has 0 aliphatic carbocycles. The summed E-state index contributed by atoms with van der Waals surface area (Å²) >= 11 is 5.37. The Morgan fingerprint density at radius 2 is 1.76 bits per heavy atom. The van der Waals surface area contributed by atoms with Gasteiger partial charge < -0.3 is 19.2 Å². The summed E-state index contributed by atoms with van der Waals surface area (Å²) in [6, 6.07) is 18.1. The number of aryl methyl sites for hydroxylation is 1. The number of ether oxygens (including phenoxy) is 2. The highest BCUT2D eigenvalue weighted by molar-refractivity contribution is 7.80. The molecule has 0 saturated carbocycles. The van der Waals surface area contributed by atoms with Crippen molar-refractivity contribution in [2.75, 3.05) is 12.4 Å². The number of benzene rings is 3. The van der Waals surface area contributed by atoms with Crippen molar-refractivity contribution in [2.45, 2.75) is 26.9 Å². The van der Waals surface area contributed by atoms with E-state index in [0.717, 1.165) is 16.8 Å². The monoisotopic (exact) mass is 475 g/mol. The molecule has 0 fully saturated rings. The highest BCUT2D eigenvalue weighted by Crippen LogP contribution is 2.29. The molecule has 0 spiro atoms. The van der Waals surface area contributed by atoms with Crippen LogP contribution in [0.25, 0.3) is 22.6 Å². The molecule has 8 heteroatoms. The molecule has 0 bridgehead atoms. The van der Waals surface area contributed by atoms with E-state index < -0.39 is 0 Å². The fourth-order valence-electron chi connectivity index (χ4n) is 3.33. The van der Waals surface area contributed by atoms with Gasteiger partial charge in [0.1, 0.15) is 17.0 Å². The smallest absolute Gasteiger partial charge is 0.257 e. The lowest BCUT2D eigenvalue weighted by atomic mass is 10.1. The normalized spacial score (nSPS) is 10.9. The standard InChI is InChI=1S/C26H25N3O4S/c1-15(2)32-19-9-7-17(8-10-19)24(30)29-26(34)28-21-13-18(6-5-16(21)3)25-27-22-14-20(31-4)11-12-23(22)33-25/h5-15H,1-4H3,(H2,28,29,30,34). The number of hydrogen-bond donors (Lipinski definition) is 2. The van der Waals surface area contributed by atoms with Gasteiger partial charge in [-0.3, -0.25) is 10.1 Å². The summed E-state index contributed by atoms with van der Waals surface area (Å²) in [6.07, 6.45) is 0.0630. The number of aromatic nitrogens is 1. The van der Waals surface area contributed by atoms with Crippen LogP contribution in [0.5, 0.6) is 11.5 Å². The van der Waals surface area contributed by atoms with E-state index in [0.29, 0.717) is 34.1 Å². The van der Waals surface area contributed by atoms with Crippen LogP contribution in [0.2, 0.25) is 0 Å². The first-order valence-electron chi connectivity index (χ1n) is 10.8. The van der Waals surface area contributed by atoms with E-state index in [2.05, 4.69) is 15.6 Å². The topological polar surface area (TPSA) is 85.6 Å². The van der Waals surface area contributed by atoms with Crippen molar-refractivity contribution in [3.8, 4) is 23.0 Å². The number of carbonyl (C=O) groups excluding carboxylic acids is 1. The van der Waals surface area contributed by atoms with Gasteiger partial charge in [-0.25, -0.2) is 4.98 Å². The average Bonchev–Trinajstić information content (AvgIpc) is 3.23. The van der Waals surface area contributed by atoms with Crippen molar-refractivity contribution in [1.29, 1.82) is 0 Å². The van der Waals surface area contributed by atoms with Gasteiger partial charge in [-0.15, -0.1) is 0 Å². The minimum absolute atomic E-state index is 0.0630. The van der Waals surface area contributed by atoms with Crippen molar-refractivity contribution < 1.29 is 18.7 Å². The third-order valence-corrected chi connectivity index (χ3v) is 5.25. The maximum absolute atomic E-state index is 12.6. The minimum Gasteiger partial charge on any atom is -0.497 e. The number of methoxy groups -OCH3 is 1. The minimum atomic E-state index is -0.310. The van der Waals surface area contributed by atoms with Gasteiger partial charge >= 0.3 is 0 Å². The molecular weight excluding hydrogens is 450 g/mol. The molecule has 3 aromatic carbocycles. The van der Waals surface area contributed by atoms with E-state index in [1.165, 1.54) is 0 Å². The van der Waals surface area contributed by atoms with Crippen molar-refractivity contribution in [3.63, 3.8) is 0 Å². The molecule has 1 amide bonds. The second-order valence-electron chi connectivity index (χ2n) is 7.98. The number of carbonyl (C=O) groups is 1. The lowest BCUT2D eigenvalue weighted by Crippen LogP contribution is -2.34. The number of oxazole rings is 1. The molecule has 0 atom stereocenters. The average molecular weight is 476 g/mol. The van der Waals surface area contributed by atoms with E-state index in [1.807, 2.05) is 57.2 Å². The van der Waals surface area contributed by atoms with Crippen LogP contribution in [0.15, 0.2) is 65.1 Å². The summed E-state index contributed by atoms with van der Waals surface area (Å²) in [6.45, 7) is 5.84. The predicted molar refractivity (Wildman–Crippen MR) is 137 cm³/mol. The van der Waals surface area contributed by atoms with Crippen molar-refractivity contribution >= 4 is 40.0 Å². The molecule has 1 aromatic heterocycles. The molecule has 0 unspecified atom stereocenters. The fourth-order valence-corrected chi connectivity index (χ4v) is 3.54. The molecule has 2 N–H and O–H groups in total. The zero-order valence-electron chi connectivity index (χ0n) is 19.3. The zero-order chi connectivity index (χ0) is 24.2. The van der Waals surface area contributed by atoms with Gasteiger partial charge in [0, 0.05) is 22.9 Å². The number of amides is 1. The number of nitrogens with zero attached hydrogens (tertiary/aromatic N) is 1. The molecule has 4 rings (SSSR count). The van der Waals surface area contributed by atoms with Crippen LogP contribution in [0, 0.1) is 6.92 Å². The molecule has 34 heavy (non-hydrogen) atoms. The van der Waals surface area contributed by atoms with Crippen LogP contribution in [-0.4, -0.2) is 29.2 Å². The number of thiocarbonyl (C=S) groups is 1. The summed E-state index contributed by atoms with van der Waals surface area (Å²) in [5.74, 6) is 1.58. The van der Waals surface area contributed by atoms with E-state index in [4.69, 9.17) is 26.1 Å². The first-order chi connectivity index (χ1) is 16.3. The van der Waals surface area contributed by atoms with Gasteiger partial charge in [0.05, 0.1) is 13.2 Å². The van der Waals surface area contributed by atoms with Crippen LogP contribution < -0.4 is 20.1 Å². The Kier molecular flexibility index (Phi) is 6.79. The number of hydrogen-bond acceptors (Lipinski definition) is 6. The summed E-state index contributed by atoms with van der Waals surface area (Å²) in [5, 5.41) is 6.00. The van der Waals surface area contributed by atoms with Gasteiger partial charge in [-0.05, 0) is 87.1 Å². The van der Waals surface area contributed by atoms with Crippen molar-refractivity contribution in [1.82, 2.24) is 10.3 Å². The van der Waals surface area contributed by atoms with Crippen molar-refractivity contribution in [3.05, 3.63) is 71.8 Å². The Hall–Kier alpha value is -3.91. The molecule has 0 radical (unpaired) electrons. The second kappa shape index (κ2) is 9.93. The fraction of sp³-hybridized carbons (Fsp3) is 0.192. The van der Waals surface area contributed by atoms with E-state index >= 15 is 0 Å². The predicted octanol–water partition coefficient (Wildman–Crippen LogP) is 5.73. The lowest BCUT2D eigenvalue weighted by Gasteiger charge is -2.13. The maximum Gasteiger partial charge on any atom is 0.257 e. The SMILES string of the molecule is COc1ccc2oc(-c3ccc(C)c(NC(=S)NC(=O)c4ccc(OC(C)C)cc4)c3)nc2c1. The first kappa shape index (κ1) is 23.3. The lowest BCUT2D eigenvalue weighted by molar-refractivity contribution is 0.0977. The number of rotatable bonds is 6. The van der Waals surface area contributed by atoms with Gasteiger partial charge in [0.15, 0.2) is 10.7 Å². The number of fused-ring (bicyclic) bond motifs is 1. The molecule has 0 aliphatic rings. The molecule has 0 aliphatic heterocycles. The maximum atomic E-state index is 12.6. The van der Waals surface area contributed by atoms with Crippen LogP contribution in [0.3, 0.4) is 0 Å². The third kappa shape index (κ3) is 5.35. The van der Waals surface area contributed by atoms with E-state index in [-0.39, 0.29) is 17.1 Å². The van der Waals surface area contributed by atoms with Crippen LogP contribution in [0.1, 0.15) is 29.8 Å². The molecular formula is C26H25N3O4S. The number of anilines is 1. The Labute approximate surface area is 203 Å². The number of nitrogens with one attached hydrogen (secondary N) is 2. The molecule has 0 saturated heterocycles. The van der Waals surface area contributed by atoms with E-state index in [9.17, 15) is 4.79 Å². The molecule has 4 aromatic rings. The van der Waals surface area contributed by atoms with Crippen molar-refractivity contribution in [2.24, 2.45) is 0 Å². The molecule has 174 valence electrons. The van der Waals surface area contributed by atoms with Gasteiger partial charge in [-0.1, -0.05) is 6.07 Å². The summed E-state index contributed by atoms with van der Waals surface area (Å²) in [5.41, 5.74) is 4.32. The van der Waals surface area contributed by atoms with Crippen LogP contribution >= 0.6 is 12.2 Å². The molecule has 7 nitrogen and oxygen atoms in total. The highest BCUT2D eigenvalue weighted by Gasteiger charge is 2.13. The quantitative estimate of drug-likeness (QED) is 0.345. The van der Waals surface area contributed by atoms with Gasteiger partial charge in [0.25, 0.3) is 5.91 Å². The second-order valence-corrected chi connectivity index (χ2v) is 8.39. The van der Waals surface area contributed by atoms with Gasteiger partial charge in [0.2, 0.25) is 5.89 Å². The highest BCUT2D eigenvalue weighted by atomic mass is 32.1. The van der Waals surface area contributed by atoms with Crippen LogP contribution in [0.4, 0.5) is 5.69 Å². The third-order valence-electron chi connectivity index (χ3n) is 5.04. The largest absolute Gasteiger partial charge is 0.497 e.